The fraction of sp³-hybridized carbons (Fsp3) is 0.154. The minimum absolute atomic E-state index is 0.208. The van der Waals surface area contributed by atoms with Crippen molar-refractivity contribution >= 4 is 16.8 Å². The van der Waals surface area contributed by atoms with E-state index in [0.717, 1.165) is 27.9 Å². The highest BCUT2D eigenvalue weighted by molar-refractivity contribution is 5.95. The number of rotatable bonds is 3. The normalized spacial score (nSPS) is 15.7. The Hall–Kier alpha value is -4.13. The number of para-hydroxylation sites is 1. The summed E-state index contributed by atoms with van der Waals surface area (Å²) in [7, 11) is 1.93. The van der Waals surface area contributed by atoms with Crippen LogP contribution in [0.3, 0.4) is 0 Å². The van der Waals surface area contributed by atoms with Crippen LogP contribution in [-0.2, 0) is 13.5 Å². The third-order valence-electron chi connectivity index (χ3n) is 6.51. The van der Waals surface area contributed by atoms with E-state index in [1.54, 1.807) is 23.1 Å². The van der Waals surface area contributed by atoms with E-state index in [9.17, 15) is 4.79 Å². The fourth-order valence-corrected chi connectivity index (χ4v) is 4.92. The van der Waals surface area contributed by atoms with Gasteiger partial charge < -0.3 is 14.5 Å². The molecule has 3 aromatic heterocycles. The number of aryl methyl sites for hydroxylation is 1. The van der Waals surface area contributed by atoms with Gasteiger partial charge in [-0.1, -0.05) is 36.4 Å². The number of nitrogens with one attached hydrogen (secondary N) is 2. The van der Waals surface area contributed by atoms with Crippen LogP contribution < -0.4 is 0 Å². The van der Waals surface area contributed by atoms with E-state index >= 15 is 4.39 Å². The van der Waals surface area contributed by atoms with Gasteiger partial charge in [-0.15, -0.1) is 0 Å². The van der Waals surface area contributed by atoms with Crippen molar-refractivity contribution in [3.8, 4) is 11.4 Å². The molecule has 4 heterocycles. The summed E-state index contributed by atoms with van der Waals surface area (Å²) in [5.41, 5.74) is 5.45. The number of carbonyl (C=O) groups excluding carboxylic acids is 1. The molecule has 2 N–H and O–H groups in total. The zero-order valence-electron chi connectivity index (χ0n) is 18.0. The summed E-state index contributed by atoms with van der Waals surface area (Å²) in [6.07, 6.45) is 2.62. The van der Waals surface area contributed by atoms with Gasteiger partial charge in [-0.05, 0) is 42.3 Å². The SMILES string of the molecule is Cn1cccc1-c1cc(C(=O)N2CCc3c([nH]c4ccccc34)[C@@H]2c2ccccc2F)[nH]n1. The topological polar surface area (TPSA) is 69.7 Å². The number of amides is 1. The first kappa shape index (κ1) is 19.5. The van der Waals surface area contributed by atoms with Gasteiger partial charge in [0.25, 0.3) is 5.91 Å². The predicted octanol–water partition coefficient (Wildman–Crippen LogP) is 4.82. The monoisotopic (exact) mass is 439 g/mol. The third kappa shape index (κ3) is 3.08. The molecule has 33 heavy (non-hydrogen) atoms. The maximum absolute atomic E-state index is 15.0. The van der Waals surface area contributed by atoms with Gasteiger partial charge in [-0.25, -0.2) is 4.39 Å². The Morgan fingerprint density at radius 3 is 2.73 bits per heavy atom. The molecule has 6 rings (SSSR count). The van der Waals surface area contributed by atoms with Crippen molar-refractivity contribution in [2.24, 2.45) is 7.05 Å². The van der Waals surface area contributed by atoms with Crippen LogP contribution in [0.4, 0.5) is 4.39 Å². The van der Waals surface area contributed by atoms with Gasteiger partial charge in [0.05, 0.1) is 5.69 Å². The standard InChI is InChI=1S/C26H22FN5O/c1-31-13-6-11-23(31)21-15-22(30-29-21)26(33)32-14-12-17-16-7-3-5-10-20(16)28-24(17)25(32)18-8-2-4-9-19(18)27/h2-11,13,15,25,28H,12,14H2,1H3,(H,29,30)/t25-/m0/s1. The lowest BCUT2D eigenvalue weighted by Gasteiger charge is -2.36. The largest absolute Gasteiger partial charge is 0.356 e. The summed E-state index contributed by atoms with van der Waals surface area (Å²) >= 11 is 0. The summed E-state index contributed by atoms with van der Waals surface area (Å²) in [5, 5.41) is 8.37. The first-order valence-electron chi connectivity index (χ1n) is 10.9. The second-order valence-corrected chi connectivity index (χ2v) is 8.41. The molecule has 0 radical (unpaired) electrons. The second-order valence-electron chi connectivity index (χ2n) is 8.41. The molecule has 0 spiro atoms. The molecule has 1 aliphatic rings. The maximum atomic E-state index is 15.0. The van der Waals surface area contributed by atoms with Gasteiger partial charge in [0.15, 0.2) is 0 Å². The van der Waals surface area contributed by atoms with Gasteiger partial charge in [0.2, 0.25) is 0 Å². The minimum atomic E-state index is -0.559. The van der Waals surface area contributed by atoms with Gasteiger partial charge in [-0.3, -0.25) is 9.89 Å². The number of nitrogens with zero attached hydrogens (tertiary/aromatic N) is 3. The van der Waals surface area contributed by atoms with E-state index in [4.69, 9.17) is 0 Å². The number of halogens is 1. The predicted molar refractivity (Wildman–Crippen MR) is 124 cm³/mol. The average molecular weight is 439 g/mol. The molecule has 0 saturated carbocycles. The summed E-state index contributed by atoms with van der Waals surface area (Å²) in [4.78, 5) is 18.9. The minimum Gasteiger partial charge on any atom is -0.356 e. The Balaban J connectivity index is 1.46. The second kappa shape index (κ2) is 7.48. The van der Waals surface area contributed by atoms with Crippen LogP contribution in [0.5, 0.6) is 0 Å². The molecule has 0 fully saturated rings. The number of aromatic nitrogens is 4. The maximum Gasteiger partial charge on any atom is 0.272 e. The zero-order valence-corrected chi connectivity index (χ0v) is 18.0. The Labute approximate surface area is 189 Å². The summed E-state index contributed by atoms with van der Waals surface area (Å²) in [6, 6.07) is 19.8. The molecule has 1 amide bonds. The first-order valence-corrected chi connectivity index (χ1v) is 10.9. The lowest BCUT2D eigenvalue weighted by atomic mass is 9.91. The van der Waals surface area contributed by atoms with Gasteiger partial charge in [0, 0.05) is 41.9 Å². The van der Waals surface area contributed by atoms with Crippen LogP contribution in [0.25, 0.3) is 22.3 Å². The van der Waals surface area contributed by atoms with Crippen molar-refractivity contribution in [3.05, 3.63) is 101 Å². The molecule has 1 aliphatic heterocycles. The van der Waals surface area contributed by atoms with Crippen LogP contribution in [-0.4, -0.2) is 37.1 Å². The number of H-pyrrole nitrogens is 2. The molecule has 0 saturated heterocycles. The van der Waals surface area contributed by atoms with Crippen molar-refractivity contribution in [3.63, 3.8) is 0 Å². The summed E-state index contributed by atoms with van der Waals surface area (Å²) in [6.45, 7) is 0.477. The van der Waals surface area contributed by atoms with Gasteiger partial charge in [0.1, 0.15) is 23.2 Å². The Kier molecular flexibility index (Phi) is 4.43. The van der Waals surface area contributed by atoms with E-state index in [-0.39, 0.29) is 11.7 Å². The quantitative estimate of drug-likeness (QED) is 0.423. The number of fused-ring (bicyclic) bond motifs is 3. The van der Waals surface area contributed by atoms with Crippen molar-refractivity contribution < 1.29 is 9.18 Å². The number of hydrogen-bond acceptors (Lipinski definition) is 2. The molecule has 0 unspecified atom stereocenters. The molecular weight excluding hydrogens is 417 g/mol. The molecule has 0 aliphatic carbocycles. The highest BCUT2D eigenvalue weighted by atomic mass is 19.1. The average Bonchev–Trinajstić information content (AvgIpc) is 3.56. The van der Waals surface area contributed by atoms with Crippen LogP contribution in [0, 0.1) is 5.82 Å². The van der Waals surface area contributed by atoms with Gasteiger partial charge >= 0.3 is 0 Å². The van der Waals surface area contributed by atoms with Crippen LogP contribution in [0.15, 0.2) is 72.9 Å². The van der Waals surface area contributed by atoms with E-state index in [1.807, 2.05) is 54.2 Å². The summed E-state index contributed by atoms with van der Waals surface area (Å²) < 4.78 is 17.0. The van der Waals surface area contributed by atoms with Crippen LogP contribution in [0.2, 0.25) is 0 Å². The van der Waals surface area contributed by atoms with Crippen LogP contribution in [0.1, 0.15) is 33.4 Å². The van der Waals surface area contributed by atoms with Crippen molar-refractivity contribution in [2.75, 3.05) is 6.54 Å². The molecular formula is C26H22FN5O. The highest BCUT2D eigenvalue weighted by Gasteiger charge is 2.36. The molecule has 5 aromatic rings. The number of benzene rings is 2. The van der Waals surface area contributed by atoms with E-state index in [0.29, 0.717) is 29.9 Å². The number of aromatic amines is 2. The van der Waals surface area contributed by atoms with E-state index in [2.05, 4.69) is 21.2 Å². The highest BCUT2D eigenvalue weighted by Crippen LogP contribution is 2.39. The lowest BCUT2D eigenvalue weighted by Crippen LogP contribution is -2.41. The summed E-state index contributed by atoms with van der Waals surface area (Å²) in [5.74, 6) is -0.540. The first-order chi connectivity index (χ1) is 16.1. The molecule has 7 heteroatoms. The Morgan fingerprint density at radius 2 is 1.91 bits per heavy atom. The smallest absolute Gasteiger partial charge is 0.272 e. The van der Waals surface area contributed by atoms with Crippen molar-refractivity contribution in [1.29, 1.82) is 0 Å². The zero-order chi connectivity index (χ0) is 22.5. The Morgan fingerprint density at radius 1 is 1.09 bits per heavy atom. The molecule has 6 nitrogen and oxygen atoms in total. The number of hydrogen-bond donors (Lipinski definition) is 2. The number of carbonyl (C=O) groups is 1. The fourth-order valence-electron chi connectivity index (χ4n) is 4.92. The van der Waals surface area contributed by atoms with E-state index in [1.165, 1.54) is 6.07 Å². The molecule has 1 atom stereocenters. The van der Waals surface area contributed by atoms with E-state index < -0.39 is 6.04 Å². The van der Waals surface area contributed by atoms with Crippen molar-refractivity contribution in [2.45, 2.75) is 12.5 Å². The van der Waals surface area contributed by atoms with Crippen molar-refractivity contribution in [1.82, 2.24) is 24.6 Å². The molecule has 0 bridgehead atoms. The molecule has 164 valence electrons. The Bertz CT molecular complexity index is 1490. The van der Waals surface area contributed by atoms with Gasteiger partial charge in [-0.2, -0.15) is 5.10 Å². The third-order valence-corrected chi connectivity index (χ3v) is 6.51. The lowest BCUT2D eigenvalue weighted by molar-refractivity contribution is 0.0683. The molecule has 2 aromatic carbocycles. The van der Waals surface area contributed by atoms with Crippen LogP contribution >= 0.6 is 0 Å².